The van der Waals surface area contributed by atoms with Gasteiger partial charge in [-0.05, 0) is 172 Å². The monoisotopic (exact) mass is 818 g/mol. The molecule has 4 aliphatic rings. The molecular weight excluding hydrogens is 761 g/mol. The number of likely N-dealkylation sites (N-methyl/N-ethyl adjacent to an activating group) is 2. The summed E-state index contributed by atoms with van der Waals surface area (Å²) in [4.78, 5) is 45.1. The number of fused-ring (bicyclic) bond motifs is 2. The summed E-state index contributed by atoms with van der Waals surface area (Å²) in [5.41, 5.74) is 2.97. The van der Waals surface area contributed by atoms with Crippen LogP contribution in [0, 0.1) is 16.2 Å². The average Bonchev–Trinajstić information content (AvgIpc) is 3.15. The van der Waals surface area contributed by atoms with E-state index in [2.05, 4.69) is 16.8 Å². The molecule has 2 atom stereocenters. The number of ether oxygens (including phenoxy) is 5. The molecule has 0 radical (unpaired) electrons. The van der Waals surface area contributed by atoms with Crippen LogP contribution in [-0.2, 0) is 40.1 Å². The van der Waals surface area contributed by atoms with Crippen LogP contribution in [0.15, 0.2) is 60.7 Å². The van der Waals surface area contributed by atoms with Gasteiger partial charge in [-0.25, -0.2) is 0 Å². The van der Waals surface area contributed by atoms with E-state index in [0.29, 0.717) is 43.1 Å². The molecule has 60 heavy (non-hydrogen) atoms. The van der Waals surface area contributed by atoms with E-state index in [9.17, 15) is 19.5 Å². The highest BCUT2D eigenvalue weighted by Crippen LogP contribution is 2.53. The van der Waals surface area contributed by atoms with Crippen molar-refractivity contribution in [2.75, 3.05) is 27.2 Å². The van der Waals surface area contributed by atoms with Crippen molar-refractivity contribution in [3.8, 4) is 46.0 Å². The van der Waals surface area contributed by atoms with Gasteiger partial charge in [0.05, 0.1) is 16.2 Å². The molecule has 0 saturated heterocycles. The fourth-order valence-corrected chi connectivity index (χ4v) is 7.62. The van der Waals surface area contributed by atoms with E-state index in [1.807, 2.05) is 49.5 Å². The van der Waals surface area contributed by atoms with Gasteiger partial charge >= 0.3 is 17.9 Å². The van der Waals surface area contributed by atoms with Gasteiger partial charge in [0.2, 0.25) is 5.75 Å². The second kappa shape index (κ2) is 15.9. The molecule has 0 fully saturated rings. The van der Waals surface area contributed by atoms with Crippen molar-refractivity contribution in [1.82, 2.24) is 9.80 Å². The van der Waals surface area contributed by atoms with Crippen molar-refractivity contribution in [3.63, 3.8) is 0 Å². The number of aromatic hydroxyl groups is 1. The van der Waals surface area contributed by atoms with Gasteiger partial charge in [0, 0.05) is 30.7 Å². The zero-order valence-corrected chi connectivity index (χ0v) is 36.8. The maximum absolute atomic E-state index is 13.9. The number of nitrogens with zero attached hydrogens (tertiary/aromatic N) is 2. The Hall–Kier alpha value is -5.39. The minimum atomic E-state index is -0.933. The van der Waals surface area contributed by atoms with Crippen LogP contribution in [0.2, 0.25) is 0 Å². The van der Waals surface area contributed by atoms with Crippen LogP contribution >= 0.6 is 0 Å². The van der Waals surface area contributed by atoms with E-state index in [4.69, 9.17) is 23.7 Å². The Bertz CT molecular complexity index is 2330. The predicted octanol–water partition coefficient (Wildman–Crippen LogP) is 9.69. The summed E-state index contributed by atoms with van der Waals surface area (Å²) in [7, 11) is 4.11. The summed E-state index contributed by atoms with van der Waals surface area (Å²) in [6, 6.07) is 18.5. The van der Waals surface area contributed by atoms with Crippen LogP contribution < -0.4 is 23.7 Å². The van der Waals surface area contributed by atoms with E-state index in [0.717, 1.165) is 46.3 Å². The molecule has 4 aromatic carbocycles. The van der Waals surface area contributed by atoms with E-state index in [-0.39, 0.29) is 40.8 Å². The fourth-order valence-electron chi connectivity index (χ4n) is 7.62. The molecule has 0 aliphatic carbocycles. The van der Waals surface area contributed by atoms with Crippen molar-refractivity contribution in [3.05, 3.63) is 94.0 Å². The highest BCUT2D eigenvalue weighted by atomic mass is 16.6. The van der Waals surface area contributed by atoms with Crippen LogP contribution in [0.25, 0.3) is 0 Å². The lowest BCUT2D eigenvalue weighted by Crippen LogP contribution is -2.34. The highest BCUT2D eigenvalue weighted by Gasteiger charge is 2.38. The van der Waals surface area contributed by atoms with Crippen LogP contribution in [-0.4, -0.2) is 60.0 Å². The Kier molecular flexibility index (Phi) is 11.3. The first-order valence-corrected chi connectivity index (χ1v) is 20.8. The molecule has 1 N–H and O–H groups in total. The number of rotatable bonds is 3. The number of phenolic OH excluding ortho intramolecular Hbond substituents is 1. The van der Waals surface area contributed by atoms with Gasteiger partial charge < -0.3 is 28.8 Å². The van der Waals surface area contributed by atoms with E-state index in [1.54, 1.807) is 80.5 Å². The zero-order chi connectivity index (χ0) is 43.5. The number of hydrogen-bond acceptors (Lipinski definition) is 11. The first-order valence-electron chi connectivity index (χ1n) is 20.8. The summed E-state index contributed by atoms with van der Waals surface area (Å²) in [6.45, 7) is 17.4. The predicted molar refractivity (Wildman–Crippen MR) is 228 cm³/mol. The standard InChI is InChI=1S/C49H58N2O9/c1-47(2,3)44(53)58-37-17-14-29-23-35-41-31(19-21-51(35)11)26-40(59-45(54)48(4,5)6)42(60-46(55)49(7,8)9)43(41)57-38-27-33-30(25-36(38)52)18-20-50(10)34(33)22-28-12-15-32(16-13-28)56-39(37)24-29/h12-17,24-27,34-35,52H,18-23H2,1-11H3/t34-,35+/m0/s1. The molecule has 0 amide bonds. The molecule has 0 aromatic heterocycles. The number of esters is 3. The fraction of sp³-hybridized carbons (Fsp3) is 0.449. The Morgan fingerprint density at radius 2 is 1.17 bits per heavy atom. The van der Waals surface area contributed by atoms with E-state index in [1.165, 1.54) is 0 Å². The molecule has 6 bridgehead atoms. The Morgan fingerprint density at radius 3 is 1.80 bits per heavy atom. The summed E-state index contributed by atoms with van der Waals surface area (Å²) < 4.78 is 31.9. The number of phenols is 1. The number of benzene rings is 4. The lowest BCUT2D eigenvalue weighted by molar-refractivity contribution is -0.145. The van der Waals surface area contributed by atoms with Gasteiger partial charge in [0.15, 0.2) is 34.5 Å². The van der Waals surface area contributed by atoms with Crippen LogP contribution in [0.3, 0.4) is 0 Å². The Labute approximate surface area is 353 Å². The minimum absolute atomic E-state index is 0.0419. The van der Waals surface area contributed by atoms with Crippen molar-refractivity contribution in [2.24, 2.45) is 16.2 Å². The Balaban J connectivity index is 1.49. The van der Waals surface area contributed by atoms with E-state index < -0.39 is 34.2 Å². The summed E-state index contributed by atoms with van der Waals surface area (Å²) in [5.74, 6) is 0.138. The number of carbonyl (C=O) groups excluding carboxylic acids is 3. The third-order valence-corrected chi connectivity index (χ3v) is 11.4. The lowest BCUT2D eigenvalue weighted by atomic mass is 9.87. The number of hydrogen-bond donors (Lipinski definition) is 1. The van der Waals surface area contributed by atoms with Gasteiger partial charge in [0.1, 0.15) is 5.75 Å². The second-order valence-corrected chi connectivity index (χ2v) is 19.6. The molecule has 318 valence electrons. The summed E-state index contributed by atoms with van der Waals surface area (Å²) in [6.07, 6.45) is 2.39. The van der Waals surface area contributed by atoms with Gasteiger partial charge in [-0.1, -0.05) is 18.2 Å². The maximum atomic E-state index is 13.9. The Morgan fingerprint density at radius 1 is 0.617 bits per heavy atom. The van der Waals surface area contributed by atoms with Crippen LogP contribution in [0.1, 0.15) is 108 Å². The summed E-state index contributed by atoms with van der Waals surface area (Å²) in [5, 5.41) is 11.7. The SMILES string of the molecule is CN1CCc2cc(OC(=O)C(C)(C)C)c(OC(=O)C(C)(C)C)c3c2[C@H]1Cc1ccc(OC(=O)C(C)(C)C)c(c1)Oc1ccc(cc1)C[C@H]1c2cc(c(O)cc2CCN1C)O3. The van der Waals surface area contributed by atoms with Crippen molar-refractivity contribution in [1.29, 1.82) is 0 Å². The third-order valence-electron chi connectivity index (χ3n) is 11.4. The minimum Gasteiger partial charge on any atom is -0.504 e. The van der Waals surface area contributed by atoms with Crippen molar-refractivity contribution < 1.29 is 43.2 Å². The quantitative estimate of drug-likeness (QED) is 0.157. The topological polar surface area (TPSA) is 124 Å². The first-order chi connectivity index (χ1) is 28.1. The molecule has 11 nitrogen and oxygen atoms in total. The molecule has 4 heterocycles. The molecule has 8 rings (SSSR count). The lowest BCUT2D eigenvalue weighted by Gasteiger charge is -2.37. The largest absolute Gasteiger partial charge is 0.504 e. The van der Waals surface area contributed by atoms with Gasteiger partial charge in [-0.15, -0.1) is 0 Å². The molecule has 4 aliphatic heterocycles. The van der Waals surface area contributed by atoms with Crippen LogP contribution in [0.5, 0.6) is 46.0 Å². The average molecular weight is 819 g/mol. The molecule has 0 spiro atoms. The van der Waals surface area contributed by atoms with E-state index >= 15 is 0 Å². The molecule has 0 unspecified atom stereocenters. The second-order valence-electron chi connectivity index (χ2n) is 19.6. The van der Waals surface area contributed by atoms with Crippen LogP contribution in [0.4, 0.5) is 0 Å². The van der Waals surface area contributed by atoms with Crippen molar-refractivity contribution >= 4 is 17.9 Å². The molecular formula is C49H58N2O9. The molecule has 4 aromatic rings. The highest BCUT2D eigenvalue weighted by molar-refractivity contribution is 5.83. The first kappa shape index (κ1) is 42.7. The smallest absolute Gasteiger partial charge is 0.316 e. The van der Waals surface area contributed by atoms with Gasteiger partial charge in [0.25, 0.3) is 0 Å². The normalized spacial score (nSPS) is 18.2. The number of carbonyl (C=O) groups is 3. The maximum Gasteiger partial charge on any atom is 0.316 e. The third kappa shape index (κ3) is 8.88. The van der Waals surface area contributed by atoms with Gasteiger partial charge in [-0.3, -0.25) is 24.2 Å². The van der Waals surface area contributed by atoms with Crippen molar-refractivity contribution in [2.45, 2.75) is 100 Å². The summed E-state index contributed by atoms with van der Waals surface area (Å²) >= 11 is 0. The van der Waals surface area contributed by atoms with Gasteiger partial charge in [-0.2, -0.15) is 0 Å². The zero-order valence-electron chi connectivity index (χ0n) is 36.8. The molecule has 0 saturated carbocycles. The molecule has 11 heteroatoms.